The first-order valence-electron chi connectivity index (χ1n) is 11.6. The van der Waals surface area contributed by atoms with Crippen LogP contribution in [-0.2, 0) is 11.3 Å². The third kappa shape index (κ3) is 4.49. The van der Waals surface area contributed by atoms with Gasteiger partial charge in [0.25, 0.3) is 5.56 Å². The Morgan fingerprint density at radius 3 is 2.77 bits per heavy atom. The van der Waals surface area contributed by atoms with Gasteiger partial charge in [-0.15, -0.1) is 0 Å². The van der Waals surface area contributed by atoms with Crippen LogP contribution in [0.15, 0.2) is 53.6 Å². The quantitative estimate of drug-likeness (QED) is 0.436. The van der Waals surface area contributed by atoms with E-state index in [9.17, 15) is 9.59 Å². The van der Waals surface area contributed by atoms with Crippen LogP contribution in [0.1, 0.15) is 25.3 Å². The zero-order valence-electron chi connectivity index (χ0n) is 19.5. The number of fused-ring (bicyclic) bond motifs is 1. The monoisotopic (exact) mass is 488 g/mol. The van der Waals surface area contributed by atoms with Gasteiger partial charge >= 0.3 is 0 Å². The van der Waals surface area contributed by atoms with Gasteiger partial charge in [0.1, 0.15) is 5.65 Å². The van der Waals surface area contributed by atoms with Gasteiger partial charge in [-0.25, -0.2) is 4.98 Å². The van der Waals surface area contributed by atoms with Gasteiger partial charge < -0.3 is 10.6 Å². The smallest absolute Gasteiger partial charge is 0.260 e. The summed E-state index contributed by atoms with van der Waals surface area (Å²) in [4.78, 5) is 38.7. The highest BCUT2D eigenvalue weighted by atomic mass is 35.5. The summed E-state index contributed by atoms with van der Waals surface area (Å²) in [5.41, 5.74) is 4.29. The highest BCUT2D eigenvalue weighted by Crippen LogP contribution is 2.32. The summed E-state index contributed by atoms with van der Waals surface area (Å²) < 4.78 is 1.62. The predicted molar refractivity (Wildman–Crippen MR) is 138 cm³/mol. The van der Waals surface area contributed by atoms with Crippen LogP contribution in [0.5, 0.6) is 0 Å². The minimum Gasteiger partial charge on any atom is -0.356 e. The minimum atomic E-state index is -0.176. The second-order valence-corrected chi connectivity index (χ2v) is 9.03. The number of hydrogen-bond acceptors (Lipinski definition) is 6. The number of nitrogens with zero attached hydrogens (tertiary/aromatic N) is 4. The molecule has 0 saturated carbocycles. The number of carbonyl (C=O) groups is 1. The number of amides is 1. The summed E-state index contributed by atoms with van der Waals surface area (Å²) in [6.07, 6.45) is 4.61. The van der Waals surface area contributed by atoms with E-state index >= 15 is 0 Å². The highest BCUT2D eigenvalue weighted by Gasteiger charge is 2.20. The Balaban J connectivity index is 1.54. The molecule has 0 spiro atoms. The van der Waals surface area contributed by atoms with Crippen LogP contribution in [0.25, 0.3) is 33.4 Å². The van der Waals surface area contributed by atoms with E-state index in [0.29, 0.717) is 47.3 Å². The molecule has 1 amide bonds. The highest BCUT2D eigenvalue weighted by molar-refractivity contribution is 6.33. The molecule has 1 unspecified atom stereocenters. The van der Waals surface area contributed by atoms with Crippen LogP contribution in [0.2, 0.25) is 5.02 Å². The van der Waals surface area contributed by atoms with Crippen LogP contribution in [0.4, 0.5) is 5.95 Å². The lowest BCUT2D eigenvalue weighted by Gasteiger charge is -2.23. The van der Waals surface area contributed by atoms with Crippen molar-refractivity contribution >= 4 is 34.5 Å². The molecule has 35 heavy (non-hydrogen) atoms. The van der Waals surface area contributed by atoms with Crippen LogP contribution in [0, 0.1) is 6.92 Å². The van der Waals surface area contributed by atoms with E-state index in [1.807, 2.05) is 44.2 Å². The van der Waals surface area contributed by atoms with Crippen molar-refractivity contribution in [2.75, 3.05) is 11.9 Å². The molecule has 1 saturated heterocycles. The predicted octanol–water partition coefficient (Wildman–Crippen LogP) is 4.19. The van der Waals surface area contributed by atoms with Crippen molar-refractivity contribution in [3.63, 3.8) is 0 Å². The van der Waals surface area contributed by atoms with E-state index in [0.717, 1.165) is 28.6 Å². The maximum atomic E-state index is 13.5. The number of aromatic nitrogens is 4. The number of benzene rings is 1. The largest absolute Gasteiger partial charge is 0.356 e. The van der Waals surface area contributed by atoms with Crippen molar-refractivity contribution < 1.29 is 4.79 Å². The van der Waals surface area contributed by atoms with Crippen LogP contribution in [-0.4, -0.2) is 38.0 Å². The van der Waals surface area contributed by atoms with E-state index in [-0.39, 0.29) is 17.5 Å². The van der Waals surface area contributed by atoms with Crippen molar-refractivity contribution in [3.05, 3.63) is 69.7 Å². The molecule has 1 aliphatic heterocycles. The average molecular weight is 489 g/mol. The number of nitrogens with one attached hydrogen (secondary N) is 2. The lowest BCUT2D eigenvalue weighted by Crippen LogP contribution is -2.40. The molecule has 2 N–H and O–H groups in total. The van der Waals surface area contributed by atoms with Crippen LogP contribution < -0.4 is 16.2 Å². The fourth-order valence-electron chi connectivity index (χ4n) is 4.47. The third-order valence-corrected chi connectivity index (χ3v) is 6.58. The SMILES string of the molecule is CCn1c(=O)c(-c2ccc(-c3ncccc3C)cc2Cl)cc2cnc(NC3CCNC(=O)C3)nc21. The topological polar surface area (TPSA) is 102 Å². The van der Waals surface area contributed by atoms with E-state index in [2.05, 4.69) is 25.6 Å². The average Bonchev–Trinajstić information content (AvgIpc) is 2.84. The van der Waals surface area contributed by atoms with E-state index in [4.69, 9.17) is 11.6 Å². The molecule has 4 heterocycles. The fraction of sp³-hybridized carbons (Fsp3) is 0.269. The van der Waals surface area contributed by atoms with Crippen LogP contribution in [0.3, 0.4) is 0 Å². The molecule has 9 heteroatoms. The number of aryl methyl sites for hydroxylation is 2. The number of piperidine rings is 1. The summed E-state index contributed by atoms with van der Waals surface area (Å²) in [6.45, 7) is 4.96. The molecule has 0 radical (unpaired) electrons. The lowest BCUT2D eigenvalue weighted by atomic mass is 10.0. The van der Waals surface area contributed by atoms with Gasteiger partial charge in [-0.3, -0.25) is 19.1 Å². The molecule has 0 aliphatic carbocycles. The zero-order chi connectivity index (χ0) is 24.5. The molecule has 8 nitrogen and oxygen atoms in total. The van der Waals surface area contributed by atoms with Gasteiger partial charge in [0.15, 0.2) is 0 Å². The van der Waals surface area contributed by atoms with Gasteiger partial charge in [0, 0.05) is 65.0 Å². The second-order valence-electron chi connectivity index (χ2n) is 8.63. The van der Waals surface area contributed by atoms with Crippen molar-refractivity contribution in [1.82, 2.24) is 24.8 Å². The van der Waals surface area contributed by atoms with Crippen molar-refractivity contribution in [2.45, 2.75) is 39.3 Å². The Morgan fingerprint density at radius 1 is 1.17 bits per heavy atom. The number of rotatable bonds is 5. The molecular formula is C26H25ClN6O2. The van der Waals surface area contributed by atoms with Gasteiger partial charge in [0.2, 0.25) is 11.9 Å². The Labute approximate surface area is 207 Å². The number of hydrogen-bond donors (Lipinski definition) is 2. The van der Waals surface area contributed by atoms with Gasteiger partial charge in [0.05, 0.1) is 5.69 Å². The van der Waals surface area contributed by atoms with E-state index in [1.165, 1.54) is 0 Å². The summed E-state index contributed by atoms with van der Waals surface area (Å²) >= 11 is 6.68. The molecule has 3 aromatic heterocycles. The van der Waals surface area contributed by atoms with Crippen molar-refractivity contribution in [1.29, 1.82) is 0 Å². The molecule has 5 rings (SSSR count). The minimum absolute atomic E-state index is 0.00533. The lowest BCUT2D eigenvalue weighted by molar-refractivity contribution is -0.122. The summed E-state index contributed by atoms with van der Waals surface area (Å²) in [5, 5.41) is 7.25. The molecule has 1 aliphatic rings. The Morgan fingerprint density at radius 2 is 2.03 bits per heavy atom. The Hall–Kier alpha value is -3.78. The Kier molecular flexibility index (Phi) is 6.21. The standard InChI is InChI=1S/C26H25ClN6O2/c1-3-33-24-17(14-30-26(32-24)31-18-8-10-28-22(34)13-18)11-20(25(33)35)19-7-6-16(12-21(19)27)23-15(2)5-4-9-29-23/h4-7,9,11-12,14,18H,3,8,10,13H2,1-2H3,(H,28,34)(H,30,31,32). The zero-order valence-corrected chi connectivity index (χ0v) is 20.3. The number of pyridine rings is 2. The first-order valence-corrected chi connectivity index (χ1v) is 12.0. The number of carbonyl (C=O) groups excluding carboxylic acids is 1. The summed E-state index contributed by atoms with van der Waals surface area (Å²) in [7, 11) is 0. The normalized spacial score (nSPS) is 15.7. The van der Waals surface area contributed by atoms with Crippen molar-refractivity contribution in [3.8, 4) is 22.4 Å². The summed E-state index contributed by atoms with van der Waals surface area (Å²) in [5.74, 6) is 0.408. The first-order chi connectivity index (χ1) is 16.9. The number of anilines is 1. The summed E-state index contributed by atoms with van der Waals surface area (Å²) in [6, 6.07) is 11.3. The fourth-order valence-corrected chi connectivity index (χ4v) is 4.76. The van der Waals surface area contributed by atoms with Gasteiger partial charge in [-0.1, -0.05) is 29.8 Å². The third-order valence-electron chi connectivity index (χ3n) is 6.27. The Bertz CT molecular complexity index is 1500. The molecule has 0 bridgehead atoms. The molecule has 178 valence electrons. The van der Waals surface area contributed by atoms with Crippen molar-refractivity contribution in [2.24, 2.45) is 0 Å². The maximum Gasteiger partial charge on any atom is 0.260 e. The number of halogens is 1. The van der Waals surface area contributed by atoms with E-state index < -0.39 is 0 Å². The van der Waals surface area contributed by atoms with Gasteiger partial charge in [-0.05, 0) is 44.0 Å². The first kappa shape index (κ1) is 23.0. The second kappa shape index (κ2) is 9.46. The van der Waals surface area contributed by atoms with Crippen LogP contribution >= 0.6 is 11.6 Å². The van der Waals surface area contributed by atoms with Gasteiger partial charge in [-0.2, -0.15) is 4.98 Å². The molecular weight excluding hydrogens is 464 g/mol. The molecule has 1 aromatic carbocycles. The molecule has 1 atom stereocenters. The maximum absolute atomic E-state index is 13.5. The van der Waals surface area contributed by atoms with E-state index in [1.54, 1.807) is 23.0 Å². The molecule has 4 aromatic rings. The molecule has 1 fully saturated rings.